The molecule has 7 heteroatoms. The van der Waals surface area contributed by atoms with Gasteiger partial charge < -0.3 is 10.6 Å². The molecule has 0 radical (unpaired) electrons. The number of hydrogen-bond acceptors (Lipinski definition) is 4. The molecule has 2 amide bonds. The molecule has 2 aromatic carbocycles. The summed E-state index contributed by atoms with van der Waals surface area (Å²) >= 11 is 0. The smallest absolute Gasteiger partial charge is 0.273 e. The third-order valence-electron chi connectivity index (χ3n) is 4.58. The molecule has 0 saturated carbocycles. The van der Waals surface area contributed by atoms with E-state index in [9.17, 15) is 14.4 Å². The van der Waals surface area contributed by atoms with Crippen molar-refractivity contribution in [3.63, 3.8) is 0 Å². The first kappa shape index (κ1) is 21.2. The summed E-state index contributed by atoms with van der Waals surface area (Å²) in [4.78, 5) is 42.1. The number of amides is 2. The van der Waals surface area contributed by atoms with E-state index in [1.54, 1.807) is 30.3 Å². The van der Waals surface area contributed by atoms with Gasteiger partial charge in [0.1, 0.15) is 12.2 Å². The van der Waals surface area contributed by atoms with Crippen molar-refractivity contribution in [1.29, 1.82) is 0 Å². The van der Waals surface area contributed by atoms with E-state index in [1.165, 1.54) is 4.57 Å². The number of fused-ring (bicyclic) bond motifs is 1. The molecular formula is C23H26N4O3. The van der Waals surface area contributed by atoms with Crippen LogP contribution in [0.4, 0.5) is 5.69 Å². The largest absolute Gasteiger partial charge is 0.356 e. The Morgan fingerprint density at radius 3 is 2.43 bits per heavy atom. The number of nitrogens with one attached hydrogen (secondary N) is 2. The monoisotopic (exact) mass is 406 g/mol. The van der Waals surface area contributed by atoms with Crippen LogP contribution in [0.3, 0.4) is 0 Å². The van der Waals surface area contributed by atoms with Crippen LogP contribution in [0.1, 0.15) is 26.0 Å². The molecule has 0 unspecified atom stereocenters. The Bertz CT molecular complexity index is 1090. The fourth-order valence-electron chi connectivity index (χ4n) is 3.07. The van der Waals surface area contributed by atoms with Gasteiger partial charge in [0.2, 0.25) is 11.8 Å². The minimum absolute atomic E-state index is 0.119. The average Bonchev–Trinajstić information content (AvgIpc) is 2.73. The van der Waals surface area contributed by atoms with Gasteiger partial charge in [-0.3, -0.25) is 19.0 Å². The minimum atomic E-state index is -0.353. The highest BCUT2D eigenvalue weighted by Crippen LogP contribution is 2.12. The summed E-state index contributed by atoms with van der Waals surface area (Å²) in [7, 11) is 0. The van der Waals surface area contributed by atoms with E-state index < -0.39 is 0 Å². The highest BCUT2D eigenvalue weighted by Gasteiger charge is 2.15. The summed E-state index contributed by atoms with van der Waals surface area (Å²) in [5.74, 6) is -0.0696. The van der Waals surface area contributed by atoms with Crippen molar-refractivity contribution < 1.29 is 9.59 Å². The van der Waals surface area contributed by atoms with Crippen molar-refractivity contribution in [2.75, 3.05) is 11.9 Å². The highest BCUT2D eigenvalue weighted by molar-refractivity contribution is 5.91. The van der Waals surface area contributed by atoms with E-state index in [2.05, 4.69) is 15.6 Å². The fourth-order valence-corrected chi connectivity index (χ4v) is 3.07. The van der Waals surface area contributed by atoms with E-state index in [0.717, 1.165) is 0 Å². The first-order chi connectivity index (χ1) is 14.4. The lowest BCUT2D eigenvalue weighted by Gasteiger charge is -2.13. The van der Waals surface area contributed by atoms with Crippen LogP contribution in [0.15, 0.2) is 59.4 Å². The second-order valence-electron chi connectivity index (χ2n) is 7.55. The normalized spacial score (nSPS) is 10.9. The molecule has 0 atom stereocenters. The molecule has 2 N–H and O–H groups in total. The van der Waals surface area contributed by atoms with Gasteiger partial charge in [-0.25, -0.2) is 4.98 Å². The van der Waals surface area contributed by atoms with Crippen LogP contribution in [-0.2, 0) is 22.6 Å². The first-order valence-corrected chi connectivity index (χ1v) is 10.0. The Balaban J connectivity index is 1.82. The molecule has 0 fully saturated rings. The lowest BCUT2D eigenvalue weighted by molar-refractivity contribution is -0.121. The summed E-state index contributed by atoms with van der Waals surface area (Å²) in [6, 6.07) is 16.3. The third-order valence-corrected chi connectivity index (χ3v) is 4.58. The van der Waals surface area contributed by atoms with Crippen LogP contribution >= 0.6 is 0 Å². The quantitative estimate of drug-likeness (QED) is 0.602. The summed E-state index contributed by atoms with van der Waals surface area (Å²) in [6.07, 6.45) is 0.386. The van der Waals surface area contributed by atoms with Crippen LogP contribution in [0.25, 0.3) is 11.0 Å². The van der Waals surface area contributed by atoms with Gasteiger partial charge in [0.25, 0.3) is 5.56 Å². The van der Waals surface area contributed by atoms with Crippen LogP contribution in [0.5, 0.6) is 0 Å². The minimum Gasteiger partial charge on any atom is -0.356 e. The molecule has 1 heterocycles. The molecule has 3 aromatic rings. The van der Waals surface area contributed by atoms with Gasteiger partial charge in [0.15, 0.2) is 0 Å². The standard InChI is InChI=1S/C23H26N4O3/c1-16(2)14-24-21(28)13-12-19-23(30)27(20-11-7-6-10-18(20)26-19)15-22(29)25-17-8-4-3-5-9-17/h3-11,16H,12-15H2,1-2H3,(H,24,28)(H,25,29). The Morgan fingerprint density at radius 2 is 1.70 bits per heavy atom. The molecule has 1 aromatic heterocycles. The Morgan fingerprint density at radius 1 is 1.00 bits per heavy atom. The van der Waals surface area contributed by atoms with Gasteiger partial charge >= 0.3 is 0 Å². The summed E-state index contributed by atoms with van der Waals surface area (Å²) in [6.45, 7) is 4.49. The van der Waals surface area contributed by atoms with Gasteiger partial charge in [-0.15, -0.1) is 0 Å². The molecule has 30 heavy (non-hydrogen) atoms. The predicted molar refractivity (Wildman–Crippen MR) is 117 cm³/mol. The number of carbonyl (C=O) groups is 2. The lowest BCUT2D eigenvalue weighted by Crippen LogP contribution is -2.32. The number of carbonyl (C=O) groups excluding carboxylic acids is 2. The Labute approximate surface area is 175 Å². The molecule has 0 saturated heterocycles. The Hall–Kier alpha value is -3.48. The van der Waals surface area contributed by atoms with Crippen LogP contribution in [0, 0.1) is 5.92 Å². The molecule has 7 nitrogen and oxygen atoms in total. The van der Waals surface area contributed by atoms with E-state index in [0.29, 0.717) is 29.2 Å². The predicted octanol–water partition coefficient (Wildman–Crippen LogP) is 2.74. The topological polar surface area (TPSA) is 93.1 Å². The summed E-state index contributed by atoms with van der Waals surface area (Å²) < 4.78 is 1.42. The maximum absolute atomic E-state index is 13.0. The number of aromatic nitrogens is 2. The first-order valence-electron chi connectivity index (χ1n) is 10.0. The zero-order valence-electron chi connectivity index (χ0n) is 17.2. The van der Waals surface area contributed by atoms with Gasteiger partial charge in [-0.1, -0.05) is 44.2 Å². The zero-order valence-corrected chi connectivity index (χ0v) is 17.2. The molecule has 156 valence electrons. The van der Waals surface area contributed by atoms with Crippen molar-refractivity contribution in [1.82, 2.24) is 14.9 Å². The van der Waals surface area contributed by atoms with Crippen molar-refractivity contribution in [3.8, 4) is 0 Å². The summed E-state index contributed by atoms with van der Waals surface area (Å²) in [5, 5.41) is 5.64. The summed E-state index contributed by atoms with van der Waals surface area (Å²) in [5.41, 5.74) is 1.78. The van der Waals surface area contributed by atoms with Crippen molar-refractivity contribution in [3.05, 3.63) is 70.6 Å². The number of benzene rings is 2. The fraction of sp³-hybridized carbons (Fsp3) is 0.304. The second kappa shape index (κ2) is 9.82. The number of anilines is 1. The molecule has 0 bridgehead atoms. The van der Waals surface area contributed by atoms with Gasteiger partial charge in [0.05, 0.1) is 11.0 Å². The van der Waals surface area contributed by atoms with E-state index in [4.69, 9.17) is 0 Å². The molecule has 0 aliphatic heterocycles. The zero-order chi connectivity index (χ0) is 21.5. The van der Waals surface area contributed by atoms with E-state index >= 15 is 0 Å². The number of para-hydroxylation sites is 3. The number of rotatable bonds is 8. The molecular weight excluding hydrogens is 380 g/mol. The van der Waals surface area contributed by atoms with Crippen LogP contribution in [-0.4, -0.2) is 27.9 Å². The maximum atomic E-state index is 13.0. The third kappa shape index (κ3) is 5.53. The Kier molecular flexibility index (Phi) is 6.95. The van der Waals surface area contributed by atoms with Crippen molar-refractivity contribution in [2.24, 2.45) is 5.92 Å². The molecule has 0 spiro atoms. The molecule has 3 rings (SSSR count). The van der Waals surface area contributed by atoms with Gasteiger partial charge in [-0.05, 0) is 30.2 Å². The van der Waals surface area contributed by atoms with Crippen molar-refractivity contribution >= 4 is 28.5 Å². The number of hydrogen-bond donors (Lipinski definition) is 2. The van der Waals surface area contributed by atoms with Crippen LogP contribution < -0.4 is 16.2 Å². The van der Waals surface area contributed by atoms with Gasteiger partial charge in [-0.2, -0.15) is 0 Å². The average molecular weight is 406 g/mol. The SMILES string of the molecule is CC(C)CNC(=O)CCc1nc2ccccc2n(CC(=O)Nc2ccccc2)c1=O. The number of nitrogens with zero attached hydrogens (tertiary/aromatic N) is 2. The van der Waals surface area contributed by atoms with E-state index in [-0.39, 0.29) is 42.5 Å². The maximum Gasteiger partial charge on any atom is 0.273 e. The lowest BCUT2D eigenvalue weighted by atomic mass is 10.2. The van der Waals surface area contributed by atoms with E-state index in [1.807, 2.05) is 38.1 Å². The van der Waals surface area contributed by atoms with Crippen LogP contribution in [0.2, 0.25) is 0 Å². The molecule has 0 aliphatic carbocycles. The highest BCUT2D eigenvalue weighted by atomic mass is 16.2. The molecule has 0 aliphatic rings. The van der Waals surface area contributed by atoms with Crippen molar-refractivity contribution in [2.45, 2.75) is 33.2 Å². The number of aryl methyl sites for hydroxylation is 1. The van der Waals surface area contributed by atoms with Gasteiger partial charge in [0, 0.05) is 25.1 Å². The second-order valence-corrected chi connectivity index (χ2v) is 7.55.